The summed E-state index contributed by atoms with van der Waals surface area (Å²) in [6, 6.07) is 5.28. The predicted molar refractivity (Wildman–Crippen MR) is 95.9 cm³/mol. The third kappa shape index (κ3) is 4.79. The van der Waals surface area contributed by atoms with Crippen LogP contribution in [0.2, 0.25) is 0 Å². The molecule has 4 N–H and O–H groups in total. The van der Waals surface area contributed by atoms with Gasteiger partial charge in [-0.3, -0.25) is 15.0 Å². The van der Waals surface area contributed by atoms with Gasteiger partial charge in [-0.25, -0.2) is 4.79 Å². The number of nitrogens with two attached hydrogens (primary N) is 1. The van der Waals surface area contributed by atoms with E-state index in [-0.39, 0.29) is 23.9 Å². The van der Waals surface area contributed by atoms with Crippen LogP contribution in [0.4, 0.5) is 10.5 Å². The van der Waals surface area contributed by atoms with Gasteiger partial charge in [0, 0.05) is 24.8 Å². The Morgan fingerprint density at radius 1 is 1.29 bits per heavy atom. The molecule has 24 heavy (non-hydrogen) atoms. The van der Waals surface area contributed by atoms with Crippen molar-refractivity contribution in [3.63, 3.8) is 0 Å². The molecule has 3 amide bonds. The average Bonchev–Trinajstić information content (AvgIpc) is 2.46. The molecule has 1 aliphatic heterocycles. The fourth-order valence-electron chi connectivity index (χ4n) is 2.97. The molecule has 132 valence electrons. The van der Waals surface area contributed by atoms with Crippen LogP contribution >= 0.6 is 0 Å². The zero-order chi connectivity index (χ0) is 17.9. The van der Waals surface area contributed by atoms with Gasteiger partial charge in [0.1, 0.15) is 0 Å². The molecule has 1 fully saturated rings. The van der Waals surface area contributed by atoms with E-state index in [2.05, 4.69) is 24.5 Å². The summed E-state index contributed by atoms with van der Waals surface area (Å²) in [6.45, 7) is 9.93. The number of aryl methyl sites for hydroxylation is 2. The molecule has 0 aromatic heterocycles. The lowest BCUT2D eigenvalue weighted by molar-refractivity contribution is -0.121. The molecule has 6 heteroatoms. The van der Waals surface area contributed by atoms with Crippen LogP contribution in [-0.2, 0) is 4.79 Å². The first-order chi connectivity index (χ1) is 11.2. The number of nitrogens with one attached hydrogen (secondary N) is 2. The number of carbonyl (C=O) groups excluding carboxylic acids is 2. The molecular formula is C18H28N4O2. The summed E-state index contributed by atoms with van der Waals surface area (Å²) in [5, 5.41) is 5.08. The number of imide groups is 1. The second-order valence-corrected chi connectivity index (χ2v) is 7.40. The monoisotopic (exact) mass is 332 g/mol. The lowest BCUT2D eigenvalue weighted by atomic mass is 9.80. The standard InChI is InChI=1S/C18H28N4O2/c1-12-5-6-14(9-13(12)2)20-17(24)21-16(23)10-22-8-7-15(19)18(3,4)11-22/h5-6,9,15H,7-8,10-11,19H2,1-4H3,(H2,20,21,23,24). The van der Waals surface area contributed by atoms with Crippen molar-refractivity contribution in [3.05, 3.63) is 29.3 Å². The van der Waals surface area contributed by atoms with E-state index in [0.29, 0.717) is 5.69 Å². The van der Waals surface area contributed by atoms with Crippen molar-refractivity contribution in [3.8, 4) is 0 Å². The Kier molecular flexibility index (Phi) is 5.62. The third-order valence-corrected chi connectivity index (χ3v) is 4.78. The molecule has 0 radical (unpaired) electrons. The van der Waals surface area contributed by atoms with Crippen molar-refractivity contribution in [1.82, 2.24) is 10.2 Å². The summed E-state index contributed by atoms with van der Waals surface area (Å²) in [6.07, 6.45) is 0.856. The molecule has 1 aromatic carbocycles. The summed E-state index contributed by atoms with van der Waals surface area (Å²) in [5.41, 5.74) is 9.00. The van der Waals surface area contributed by atoms with Crippen molar-refractivity contribution in [1.29, 1.82) is 0 Å². The van der Waals surface area contributed by atoms with Crippen LogP contribution in [0, 0.1) is 19.3 Å². The third-order valence-electron chi connectivity index (χ3n) is 4.78. The minimum Gasteiger partial charge on any atom is -0.327 e. The van der Waals surface area contributed by atoms with Crippen LogP contribution < -0.4 is 16.4 Å². The van der Waals surface area contributed by atoms with E-state index in [9.17, 15) is 9.59 Å². The quantitative estimate of drug-likeness (QED) is 0.790. The Morgan fingerprint density at radius 3 is 2.62 bits per heavy atom. The van der Waals surface area contributed by atoms with Crippen molar-refractivity contribution in [2.75, 3.05) is 25.0 Å². The van der Waals surface area contributed by atoms with Gasteiger partial charge in [0.05, 0.1) is 6.54 Å². The van der Waals surface area contributed by atoms with Crippen molar-refractivity contribution < 1.29 is 9.59 Å². The maximum absolute atomic E-state index is 12.1. The minimum absolute atomic E-state index is 0.0276. The van der Waals surface area contributed by atoms with Crippen LogP contribution in [0.3, 0.4) is 0 Å². The molecule has 1 unspecified atom stereocenters. The maximum atomic E-state index is 12.1. The molecule has 1 saturated heterocycles. The largest absolute Gasteiger partial charge is 0.327 e. The predicted octanol–water partition coefficient (Wildman–Crippen LogP) is 2.01. The number of anilines is 1. The van der Waals surface area contributed by atoms with E-state index in [1.54, 1.807) is 0 Å². The number of amides is 3. The zero-order valence-corrected chi connectivity index (χ0v) is 15.0. The van der Waals surface area contributed by atoms with Gasteiger partial charge in [-0.15, -0.1) is 0 Å². The van der Waals surface area contributed by atoms with Crippen LogP contribution in [0.15, 0.2) is 18.2 Å². The van der Waals surface area contributed by atoms with Gasteiger partial charge in [0.2, 0.25) is 5.91 Å². The lowest BCUT2D eigenvalue weighted by Gasteiger charge is -2.42. The van der Waals surface area contributed by atoms with Gasteiger partial charge >= 0.3 is 6.03 Å². The molecule has 1 aliphatic rings. The van der Waals surface area contributed by atoms with Crippen LogP contribution in [-0.4, -0.2) is 42.5 Å². The number of urea groups is 1. The highest BCUT2D eigenvalue weighted by molar-refractivity contribution is 6.01. The van der Waals surface area contributed by atoms with Gasteiger partial charge < -0.3 is 11.1 Å². The number of benzene rings is 1. The van der Waals surface area contributed by atoms with E-state index in [0.717, 1.165) is 30.6 Å². The molecule has 0 bridgehead atoms. The maximum Gasteiger partial charge on any atom is 0.325 e. The Bertz CT molecular complexity index is 627. The number of nitrogens with zero attached hydrogens (tertiary/aromatic N) is 1. The summed E-state index contributed by atoms with van der Waals surface area (Å²) >= 11 is 0. The van der Waals surface area contributed by atoms with Crippen LogP contribution in [0.1, 0.15) is 31.4 Å². The fraction of sp³-hybridized carbons (Fsp3) is 0.556. The van der Waals surface area contributed by atoms with Gasteiger partial charge in [0.25, 0.3) is 0 Å². The number of rotatable bonds is 3. The van der Waals surface area contributed by atoms with E-state index < -0.39 is 6.03 Å². The summed E-state index contributed by atoms with van der Waals surface area (Å²) < 4.78 is 0. The molecule has 1 heterocycles. The molecule has 0 spiro atoms. The highest BCUT2D eigenvalue weighted by Crippen LogP contribution is 2.27. The lowest BCUT2D eigenvalue weighted by Crippen LogP contribution is -2.54. The summed E-state index contributed by atoms with van der Waals surface area (Å²) in [4.78, 5) is 26.1. The smallest absolute Gasteiger partial charge is 0.325 e. The van der Waals surface area contributed by atoms with Gasteiger partial charge in [0.15, 0.2) is 0 Å². The molecule has 1 atom stereocenters. The van der Waals surface area contributed by atoms with Gasteiger partial charge in [-0.2, -0.15) is 0 Å². The number of hydrogen-bond acceptors (Lipinski definition) is 4. The van der Waals surface area contributed by atoms with E-state index in [1.807, 2.05) is 36.9 Å². The topological polar surface area (TPSA) is 87.5 Å². The average molecular weight is 332 g/mol. The van der Waals surface area contributed by atoms with Crippen molar-refractivity contribution >= 4 is 17.6 Å². The number of piperidine rings is 1. The van der Waals surface area contributed by atoms with Crippen molar-refractivity contribution in [2.45, 2.75) is 40.2 Å². The highest BCUT2D eigenvalue weighted by atomic mass is 16.2. The Labute approximate surface area is 143 Å². The van der Waals surface area contributed by atoms with Crippen LogP contribution in [0.5, 0.6) is 0 Å². The Morgan fingerprint density at radius 2 is 2.00 bits per heavy atom. The molecule has 0 aliphatic carbocycles. The molecule has 1 aromatic rings. The first kappa shape index (κ1) is 18.4. The minimum atomic E-state index is -0.503. The van der Waals surface area contributed by atoms with Gasteiger partial charge in [-0.1, -0.05) is 19.9 Å². The summed E-state index contributed by atoms with van der Waals surface area (Å²) in [5.74, 6) is -0.303. The fourth-order valence-corrected chi connectivity index (χ4v) is 2.97. The van der Waals surface area contributed by atoms with Gasteiger partial charge in [-0.05, 0) is 48.9 Å². The number of hydrogen-bond donors (Lipinski definition) is 3. The Hall–Kier alpha value is -1.92. The summed E-state index contributed by atoms with van der Waals surface area (Å²) in [7, 11) is 0. The van der Waals surface area contributed by atoms with E-state index >= 15 is 0 Å². The number of likely N-dealkylation sites (tertiary alicyclic amines) is 1. The first-order valence-electron chi connectivity index (χ1n) is 8.33. The number of carbonyl (C=O) groups is 2. The van der Waals surface area contributed by atoms with Crippen molar-refractivity contribution in [2.24, 2.45) is 11.1 Å². The Balaban J connectivity index is 1.83. The van der Waals surface area contributed by atoms with E-state index in [4.69, 9.17) is 5.73 Å². The SMILES string of the molecule is Cc1ccc(NC(=O)NC(=O)CN2CCC(N)C(C)(C)C2)cc1C. The molecule has 2 rings (SSSR count). The van der Waals surface area contributed by atoms with Crippen LogP contribution in [0.25, 0.3) is 0 Å². The molecule has 6 nitrogen and oxygen atoms in total. The zero-order valence-electron chi connectivity index (χ0n) is 15.0. The first-order valence-corrected chi connectivity index (χ1v) is 8.33. The van der Waals surface area contributed by atoms with E-state index in [1.165, 1.54) is 0 Å². The molecule has 0 saturated carbocycles. The second-order valence-electron chi connectivity index (χ2n) is 7.40. The second kappa shape index (κ2) is 7.32. The molecular weight excluding hydrogens is 304 g/mol. The highest BCUT2D eigenvalue weighted by Gasteiger charge is 2.34. The normalized spacial score (nSPS) is 20.5.